The van der Waals surface area contributed by atoms with Crippen molar-refractivity contribution < 1.29 is 8.78 Å². The van der Waals surface area contributed by atoms with Crippen molar-refractivity contribution in [2.24, 2.45) is 0 Å². The highest BCUT2D eigenvalue weighted by atomic mass is 19.3. The third-order valence-corrected chi connectivity index (χ3v) is 2.22. The number of rotatable bonds is 2. The second kappa shape index (κ2) is 3.77. The van der Waals surface area contributed by atoms with E-state index in [4.69, 9.17) is 0 Å². The van der Waals surface area contributed by atoms with Crippen molar-refractivity contribution in [3.63, 3.8) is 0 Å². The highest BCUT2D eigenvalue weighted by Crippen LogP contribution is 2.20. The molecule has 2 rings (SSSR count). The Balaban J connectivity index is 2.70. The highest BCUT2D eigenvalue weighted by molar-refractivity contribution is 5.32. The number of aromatic nitrogens is 4. The molecule has 86 valence electrons. The molecule has 0 spiro atoms. The van der Waals surface area contributed by atoms with Crippen LogP contribution in [0.3, 0.4) is 0 Å². The van der Waals surface area contributed by atoms with Gasteiger partial charge in [0.2, 0.25) is 0 Å². The van der Waals surface area contributed by atoms with Gasteiger partial charge >= 0.3 is 0 Å². The van der Waals surface area contributed by atoms with Gasteiger partial charge in [-0.25, -0.2) is 13.8 Å². The minimum Gasteiger partial charge on any atom is -0.216 e. The first kappa shape index (κ1) is 10.9. The van der Waals surface area contributed by atoms with Crippen LogP contribution in [0.15, 0.2) is 6.07 Å². The van der Waals surface area contributed by atoms with E-state index in [1.807, 2.05) is 13.8 Å². The molecule has 0 unspecified atom stereocenters. The fourth-order valence-electron chi connectivity index (χ4n) is 1.43. The molecule has 0 saturated heterocycles. The Hall–Kier alpha value is -1.59. The van der Waals surface area contributed by atoms with Crippen molar-refractivity contribution in [1.29, 1.82) is 0 Å². The van der Waals surface area contributed by atoms with Gasteiger partial charge in [-0.05, 0) is 13.0 Å². The van der Waals surface area contributed by atoms with Crippen molar-refractivity contribution in [2.45, 2.75) is 33.1 Å². The van der Waals surface area contributed by atoms with Crippen LogP contribution in [0.4, 0.5) is 8.78 Å². The lowest BCUT2D eigenvalue weighted by atomic mass is 10.2. The standard InChI is InChI=1S/C10H12F2N4/c1-5(2)9-14-10-13-6(3)4-7(8(11)12)16(10)15-9/h4-5,8H,1-3H3. The molecule has 0 aromatic carbocycles. The first-order valence-electron chi connectivity index (χ1n) is 5.01. The third-order valence-electron chi connectivity index (χ3n) is 2.22. The fraction of sp³-hybridized carbons (Fsp3) is 0.500. The van der Waals surface area contributed by atoms with Crippen molar-refractivity contribution in [3.8, 4) is 0 Å². The second-order valence-electron chi connectivity index (χ2n) is 3.96. The van der Waals surface area contributed by atoms with Gasteiger partial charge in [0.15, 0.2) is 5.82 Å². The monoisotopic (exact) mass is 226 g/mol. The first-order valence-corrected chi connectivity index (χ1v) is 5.01. The molecule has 2 heterocycles. The highest BCUT2D eigenvalue weighted by Gasteiger charge is 2.17. The predicted molar refractivity (Wildman–Crippen MR) is 54.6 cm³/mol. The van der Waals surface area contributed by atoms with E-state index in [0.29, 0.717) is 11.5 Å². The number of nitrogens with zero attached hydrogens (tertiary/aromatic N) is 4. The van der Waals surface area contributed by atoms with Gasteiger partial charge in [-0.15, -0.1) is 5.10 Å². The normalized spacial score (nSPS) is 11.9. The fourth-order valence-corrected chi connectivity index (χ4v) is 1.43. The van der Waals surface area contributed by atoms with Crippen LogP contribution in [0.5, 0.6) is 0 Å². The summed E-state index contributed by atoms with van der Waals surface area (Å²) in [5.74, 6) is 0.853. The summed E-state index contributed by atoms with van der Waals surface area (Å²) in [6.45, 7) is 5.48. The largest absolute Gasteiger partial charge is 0.280 e. The molecular weight excluding hydrogens is 214 g/mol. The Morgan fingerprint density at radius 2 is 1.94 bits per heavy atom. The van der Waals surface area contributed by atoms with Crippen LogP contribution in [0, 0.1) is 6.92 Å². The van der Waals surface area contributed by atoms with Gasteiger partial charge in [0, 0.05) is 11.6 Å². The van der Waals surface area contributed by atoms with Crippen LogP contribution in [-0.2, 0) is 0 Å². The molecule has 0 aliphatic heterocycles. The Morgan fingerprint density at radius 3 is 2.50 bits per heavy atom. The molecule has 4 nitrogen and oxygen atoms in total. The maximum absolute atomic E-state index is 12.8. The summed E-state index contributed by atoms with van der Waals surface area (Å²) in [5, 5.41) is 4.04. The summed E-state index contributed by atoms with van der Waals surface area (Å²) in [6, 6.07) is 1.33. The molecule has 0 saturated carbocycles. The van der Waals surface area contributed by atoms with Crippen LogP contribution < -0.4 is 0 Å². The van der Waals surface area contributed by atoms with Crippen molar-refractivity contribution in [2.75, 3.05) is 0 Å². The van der Waals surface area contributed by atoms with Crippen molar-refractivity contribution in [1.82, 2.24) is 19.6 Å². The summed E-state index contributed by atoms with van der Waals surface area (Å²) in [4.78, 5) is 8.20. The maximum Gasteiger partial charge on any atom is 0.280 e. The molecule has 2 aromatic heterocycles. The zero-order valence-electron chi connectivity index (χ0n) is 9.28. The number of hydrogen-bond acceptors (Lipinski definition) is 3. The number of alkyl halides is 2. The average Bonchev–Trinajstić information content (AvgIpc) is 2.59. The lowest BCUT2D eigenvalue weighted by Gasteiger charge is -2.02. The molecule has 0 N–H and O–H groups in total. The van der Waals surface area contributed by atoms with E-state index < -0.39 is 6.43 Å². The molecule has 0 bridgehead atoms. The van der Waals surface area contributed by atoms with Gasteiger partial charge in [0.1, 0.15) is 5.69 Å². The molecule has 6 heteroatoms. The Bertz CT molecular complexity index is 519. The van der Waals surface area contributed by atoms with Crippen molar-refractivity contribution in [3.05, 3.63) is 23.3 Å². The Kier molecular flexibility index (Phi) is 2.57. The van der Waals surface area contributed by atoms with E-state index in [9.17, 15) is 8.78 Å². The summed E-state index contributed by atoms with van der Waals surface area (Å²) >= 11 is 0. The van der Waals surface area contributed by atoms with Crippen LogP contribution in [0.25, 0.3) is 5.78 Å². The van der Waals surface area contributed by atoms with Gasteiger partial charge in [0.25, 0.3) is 12.2 Å². The Morgan fingerprint density at radius 1 is 1.25 bits per heavy atom. The summed E-state index contributed by atoms with van der Waals surface area (Å²) < 4.78 is 26.7. The van der Waals surface area contributed by atoms with Crippen LogP contribution in [0.1, 0.15) is 43.4 Å². The van der Waals surface area contributed by atoms with Gasteiger partial charge in [-0.2, -0.15) is 9.50 Å². The molecule has 0 amide bonds. The summed E-state index contributed by atoms with van der Waals surface area (Å²) in [6.07, 6.45) is -2.58. The van der Waals surface area contributed by atoms with E-state index in [1.165, 1.54) is 6.07 Å². The first-order chi connectivity index (χ1) is 7.49. The zero-order chi connectivity index (χ0) is 11.9. The molecule has 0 fully saturated rings. The molecule has 2 aromatic rings. The van der Waals surface area contributed by atoms with E-state index >= 15 is 0 Å². The number of fused-ring (bicyclic) bond motifs is 1. The molecule has 0 aliphatic rings. The molecule has 16 heavy (non-hydrogen) atoms. The van der Waals surface area contributed by atoms with E-state index in [1.54, 1.807) is 6.92 Å². The zero-order valence-corrected chi connectivity index (χ0v) is 9.28. The minimum atomic E-state index is -2.58. The molecule has 0 atom stereocenters. The smallest absolute Gasteiger partial charge is 0.216 e. The average molecular weight is 226 g/mol. The molecule has 0 radical (unpaired) electrons. The quantitative estimate of drug-likeness (QED) is 0.790. The third kappa shape index (κ3) is 1.75. The van der Waals surface area contributed by atoms with Crippen LogP contribution in [-0.4, -0.2) is 19.6 Å². The lowest BCUT2D eigenvalue weighted by Crippen LogP contribution is -2.02. The number of aryl methyl sites for hydroxylation is 1. The topological polar surface area (TPSA) is 43.1 Å². The molecule has 0 aliphatic carbocycles. The van der Waals surface area contributed by atoms with Gasteiger partial charge < -0.3 is 0 Å². The van der Waals surface area contributed by atoms with Crippen LogP contribution >= 0.6 is 0 Å². The molecular formula is C10H12F2N4. The van der Waals surface area contributed by atoms with Gasteiger partial charge in [-0.3, -0.25) is 0 Å². The SMILES string of the molecule is Cc1cc(C(F)F)n2nc(C(C)C)nc2n1. The predicted octanol–water partition coefficient (Wildman–Crippen LogP) is 2.49. The number of halogens is 2. The Labute approximate surface area is 91.3 Å². The minimum absolute atomic E-state index is 0.0903. The van der Waals surface area contributed by atoms with Crippen LogP contribution in [0.2, 0.25) is 0 Å². The number of hydrogen-bond donors (Lipinski definition) is 0. The maximum atomic E-state index is 12.8. The summed E-state index contributed by atoms with van der Waals surface area (Å²) in [5.41, 5.74) is 0.354. The van der Waals surface area contributed by atoms with Gasteiger partial charge in [-0.1, -0.05) is 13.8 Å². The van der Waals surface area contributed by atoms with E-state index in [0.717, 1.165) is 4.52 Å². The van der Waals surface area contributed by atoms with Crippen molar-refractivity contribution >= 4 is 5.78 Å². The summed E-state index contributed by atoms with van der Waals surface area (Å²) in [7, 11) is 0. The van der Waals surface area contributed by atoms with Gasteiger partial charge in [0.05, 0.1) is 0 Å². The van der Waals surface area contributed by atoms with E-state index in [-0.39, 0.29) is 17.4 Å². The van der Waals surface area contributed by atoms with E-state index in [2.05, 4.69) is 15.1 Å². The second-order valence-corrected chi connectivity index (χ2v) is 3.96. The lowest BCUT2D eigenvalue weighted by molar-refractivity contribution is 0.143.